The van der Waals surface area contributed by atoms with Gasteiger partial charge in [-0.2, -0.15) is 0 Å². The first-order chi connectivity index (χ1) is 16.9. The molecule has 0 bridgehead atoms. The molecule has 0 saturated carbocycles. The summed E-state index contributed by atoms with van der Waals surface area (Å²) in [5.41, 5.74) is 2.23. The first-order valence-corrected chi connectivity index (χ1v) is 11.2. The van der Waals surface area contributed by atoms with Gasteiger partial charge < -0.3 is 14.8 Å². The number of nitro benzene ring substituents is 1. The zero-order valence-electron chi connectivity index (χ0n) is 18.8. The zero-order chi connectivity index (χ0) is 24.7. The third-order valence-corrected chi connectivity index (χ3v) is 6.56. The highest BCUT2D eigenvalue weighted by Crippen LogP contribution is 2.42. The number of rotatable bonds is 5. The van der Waals surface area contributed by atoms with Crippen molar-refractivity contribution in [1.82, 2.24) is 9.88 Å². The Balaban J connectivity index is 1.62. The molecule has 1 saturated heterocycles. The van der Waals surface area contributed by atoms with E-state index in [1.54, 1.807) is 23.2 Å². The van der Waals surface area contributed by atoms with Crippen LogP contribution >= 0.6 is 0 Å². The number of H-pyrrole nitrogens is 1. The summed E-state index contributed by atoms with van der Waals surface area (Å²) in [5.74, 6) is -0.930. The van der Waals surface area contributed by atoms with Gasteiger partial charge >= 0.3 is 0 Å². The second-order valence-electron chi connectivity index (χ2n) is 8.50. The SMILES string of the molecule is C=CC(=O)N1CCN(c2ccc([N+](=O)[O-])c(C3=C(c4c[nH]c5ccccc45)C(=O)CC3=O)c2)CC1. The number of nitrogens with one attached hydrogen (secondary N) is 1. The number of carbonyl (C=O) groups is 3. The van der Waals surface area contributed by atoms with Gasteiger partial charge in [-0.3, -0.25) is 24.5 Å². The molecular formula is C26H22N4O5. The maximum atomic E-state index is 13.1. The van der Waals surface area contributed by atoms with E-state index in [9.17, 15) is 24.5 Å². The van der Waals surface area contributed by atoms with Crippen molar-refractivity contribution in [2.45, 2.75) is 6.42 Å². The number of aromatic amines is 1. The standard InChI is InChI=1S/C26H22N4O5/c1-2-24(33)29-11-9-28(10-12-29)16-7-8-21(30(34)35)18(13-16)25-22(31)14-23(32)26(25)19-15-27-20-6-4-3-5-17(19)20/h2-8,13,15,27H,1,9-12,14H2. The maximum Gasteiger partial charge on any atom is 0.277 e. The molecule has 1 aromatic heterocycles. The van der Waals surface area contributed by atoms with E-state index < -0.39 is 10.7 Å². The number of hydrogen-bond donors (Lipinski definition) is 1. The van der Waals surface area contributed by atoms with Gasteiger partial charge in [0, 0.05) is 71.7 Å². The Hall–Kier alpha value is -4.53. The Bertz CT molecular complexity index is 1440. The third kappa shape index (κ3) is 3.80. The topological polar surface area (TPSA) is 117 Å². The molecule has 0 radical (unpaired) electrons. The molecule has 2 aliphatic rings. The average molecular weight is 470 g/mol. The molecule has 1 amide bonds. The number of para-hydroxylation sites is 1. The van der Waals surface area contributed by atoms with Crippen LogP contribution in [0, 0.1) is 10.1 Å². The summed E-state index contributed by atoms with van der Waals surface area (Å²) in [6.45, 7) is 5.54. The molecule has 0 atom stereocenters. The number of ketones is 2. The van der Waals surface area contributed by atoms with Crippen LogP contribution in [-0.2, 0) is 14.4 Å². The average Bonchev–Trinajstić information content (AvgIpc) is 3.42. The van der Waals surface area contributed by atoms with Crippen molar-refractivity contribution < 1.29 is 19.3 Å². The number of allylic oxidation sites excluding steroid dienone is 2. The summed E-state index contributed by atoms with van der Waals surface area (Å²) >= 11 is 0. The third-order valence-electron chi connectivity index (χ3n) is 6.56. The lowest BCUT2D eigenvalue weighted by molar-refractivity contribution is -0.385. The fourth-order valence-corrected chi connectivity index (χ4v) is 4.84. The number of carbonyl (C=O) groups excluding carboxylic acids is 3. The van der Waals surface area contributed by atoms with E-state index in [-0.39, 0.29) is 40.5 Å². The van der Waals surface area contributed by atoms with Crippen LogP contribution in [0.5, 0.6) is 0 Å². The quantitative estimate of drug-likeness (QED) is 0.265. The summed E-state index contributed by atoms with van der Waals surface area (Å²) in [4.78, 5) is 56.2. The number of anilines is 1. The molecule has 176 valence electrons. The lowest BCUT2D eigenvalue weighted by Gasteiger charge is -2.35. The largest absolute Gasteiger partial charge is 0.368 e. The van der Waals surface area contributed by atoms with Crippen LogP contribution in [0.2, 0.25) is 0 Å². The van der Waals surface area contributed by atoms with Crippen molar-refractivity contribution in [3.63, 3.8) is 0 Å². The summed E-state index contributed by atoms with van der Waals surface area (Å²) in [5, 5.41) is 12.7. The number of nitrogens with zero attached hydrogens (tertiary/aromatic N) is 3. The Morgan fingerprint density at radius 2 is 1.69 bits per heavy atom. The number of piperazine rings is 1. The molecule has 0 unspecified atom stereocenters. The molecule has 1 aliphatic carbocycles. The van der Waals surface area contributed by atoms with Crippen LogP contribution in [0.25, 0.3) is 22.0 Å². The van der Waals surface area contributed by atoms with E-state index in [1.807, 2.05) is 29.2 Å². The van der Waals surface area contributed by atoms with Gasteiger partial charge in [0.15, 0.2) is 11.6 Å². The van der Waals surface area contributed by atoms with E-state index in [1.165, 1.54) is 12.1 Å². The maximum absolute atomic E-state index is 13.1. The van der Waals surface area contributed by atoms with Crippen molar-refractivity contribution in [3.8, 4) is 0 Å². The molecule has 1 fully saturated rings. The molecule has 2 heterocycles. The highest BCUT2D eigenvalue weighted by molar-refractivity contribution is 6.52. The van der Waals surface area contributed by atoms with Gasteiger partial charge in [0.1, 0.15) is 0 Å². The summed E-state index contributed by atoms with van der Waals surface area (Å²) in [7, 11) is 0. The van der Waals surface area contributed by atoms with Crippen LogP contribution in [0.15, 0.2) is 61.3 Å². The number of fused-ring (bicyclic) bond motifs is 1. The van der Waals surface area contributed by atoms with E-state index in [0.29, 0.717) is 37.4 Å². The van der Waals surface area contributed by atoms with Gasteiger partial charge in [0.2, 0.25) is 5.91 Å². The number of nitro groups is 1. The minimum absolute atomic E-state index is 0.0776. The molecule has 1 aliphatic heterocycles. The normalized spacial score (nSPS) is 16.3. The smallest absolute Gasteiger partial charge is 0.277 e. The number of benzene rings is 2. The van der Waals surface area contributed by atoms with Crippen molar-refractivity contribution in [2.75, 3.05) is 31.1 Å². The van der Waals surface area contributed by atoms with Gasteiger partial charge in [-0.05, 0) is 24.3 Å². The van der Waals surface area contributed by atoms with Gasteiger partial charge in [-0.25, -0.2) is 0 Å². The van der Waals surface area contributed by atoms with Crippen LogP contribution < -0.4 is 4.90 Å². The molecule has 5 rings (SSSR count). The summed E-state index contributed by atoms with van der Waals surface area (Å²) in [6.07, 6.45) is 2.62. The first-order valence-electron chi connectivity index (χ1n) is 11.2. The lowest BCUT2D eigenvalue weighted by atomic mass is 9.94. The van der Waals surface area contributed by atoms with Crippen molar-refractivity contribution in [1.29, 1.82) is 0 Å². The van der Waals surface area contributed by atoms with Crippen molar-refractivity contribution in [2.24, 2.45) is 0 Å². The molecule has 9 nitrogen and oxygen atoms in total. The number of aromatic nitrogens is 1. The Kier molecular flexibility index (Phi) is 5.52. The van der Waals surface area contributed by atoms with Gasteiger partial charge in [-0.1, -0.05) is 24.8 Å². The molecule has 1 N–H and O–H groups in total. The number of hydrogen-bond acceptors (Lipinski definition) is 6. The van der Waals surface area contributed by atoms with E-state index in [4.69, 9.17) is 0 Å². The molecule has 35 heavy (non-hydrogen) atoms. The minimum atomic E-state index is -0.532. The number of amides is 1. The first kappa shape index (κ1) is 22.3. The van der Waals surface area contributed by atoms with Crippen molar-refractivity contribution >= 4 is 50.9 Å². The fourth-order valence-electron chi connectivity index (χ4n) is 4.84. The molecule has 9 heteroatoms. The summed E-state index contributed by atoms with van der Waals surface area (Å²) in [6, 6.07) is 12.0. The molecule has 3 aromatic rings. The predicted octanol–water partition coefficient (Wildman–Crippen LogP) is 3.36. The summed E-state index contributed by atoms with van der Waals surface area (Å²) < 4.78 is 0. The van der Waals surface area contributed by atoms with Crippen LogP contribution in [0.3, 0.4) is 0 Å². The molecule has 2 aromatic carbocycles. The van der Waals surface area contributed by atoms with Gasteiger partial charge in [-0.15, -0.1) is 0 Å². The van der Waals surface area contributed by atoms with E-state index >= 15 is 0 Å². The van der Waals surface area contributed by atoms with Crippen LogP contribution in [-0.4, -0.2) is 58.5 Å². The van der Waals surface area contributed by atoms with Gasteiger partial charge in [0.05, 0.1) is 16.9 Å². The van der Waals surface area contributed by atoms with Crippen molar-refractivity contribution in [3.05, 3.63) is 82.6 Å². The Labute approximate surface area is 200 Å². The lowest BCUT2D eigenvalue weighted by Crippen LogP contribution is -2.48. The van der Waals surface area contributed by atoms with Crippen LogP contribution in [0.1, 0.15) is 17.5 Å². The van der Waals surface area contributed by atoms with Crippen LogP contribution in [0.4, 0.5) is 11.4 Å². The highest BCUT2D eigenvalue weighted by atomic mass is 16.6. The Morgan fingerprint density at radius 3 is 2.37 bits per heavy atom. The predicted molar refractivity (Wildman–Crippen MR) is 132 cm³/mol. The second-order valence-corrected chi connectivity index (χ2v) is 8.50. The number of Topliss-reactive ketones (excluding diaryl/α,β-unsaturated/α-hetero) is 2. The second kappa shape index (κ2) is 8.68. The van der Waals surface area contributed by atoms with Gasteiger partial charge in [0.25, 0.3) is 5.69 Å². The van der Waals surface area contributed by atoms with E-state index in [2.05, 4.69) is 11.6 Å². The fraction of sp³-hybridized carbons (Fsp3) is 0.192. The minimum Gasteiger partial charge on any atom is -0.368 e. The Morgan fingerprint density at radius 1 is 1.00 bits per heavy atom. The highest BCUT2D eigenvalue weighted by Gasteiger charge is 2.37. The zero-order valence-corrected chi connectivity index (χ0v) is 18.8. The molecule has 0 spiro atoms. The van der Waals surface area contributed by atoms with E-state index in [0.717, 1.165) is 10.9 Å². The monoisotopic (exact) mass is 470 g/mol. The molecular weight excluding hydrogens is 448 g/mol.